The number of carbonyl (C=O) groups is 1. The quantitative estimate of drug-likeness (QED) is 0.846. The standard InChI is InChI=1S/C19H24N2O2S/c1-12(2)9-17-20-13(3)18(24-17)19(22)21-8-7-14-5-6-16(23-4)10-15(14)11-21/h5-6,10,12H,7-9,11H2,1-4H3. The van der Waals surface area contributed by atoms with Crippen LogP contribution in [0.15, 0.2) is 18.2 Å². The number of amides is 1. The summed E-state index contributed by atoms with van der Waals surface area (Å²) >= 11 is 1.55. The summed E-state index contributed by atoms with van der Waals surface area (Å²) in [6.07, 6.45) is 1.82. The van der Waals surface area contributed by atoms with Crippen LogP contribution in [0.2, 0.25) is 0 Å². The highest BCUT2D eigenvalue weighted by molar-refractivity contribution is 7.13. The summed E-state index contributed by atoms with van der Waals surface area (Å²) < 4.78 is 5.31. The van der Waals surface area contributed by atoms with Crippen molar-refractivity contribution in [3.8, 4) is 5.75 Å². The number of carbonyl (C=O) groups excluding carboxylic acids is 1. The molecular formula is C19H24N2O2S. The van der Waals surface area contributed by atoms with E-state index >= 15 is 0 Å². The van der Waals surface area contributed by atoms with Crippen LogP contribution in [0.3, 0.4) is 0 Å². The normalized spacial score (nSPS) is 14.0. The van der Waals surface area contributed by atoms with E-state index in [1.807, 2.05) is 24.0 Å². The molecular weight excluding hydrogens is 320 g/mol. The zero-order valence-electron chi connectivity index (χ0n) is 14.8. The van der Waals surface area contributed by atoms with E-state index in [9.17, 15) is 4.79 Å². The van der Waals surface area contributed by atoms with Gasteiger partial charge in [-0.05, 0) is 42.5 Å². The van der Waals surface area contributed by atoms with Crippen molar-refractivity contribution in [1.82, 2.24) is 9.88 Å². The van der Waals surface area contributed by atoms with E-state index in [4.69, 9.17) is 4.74 Å². The van der Waals surface area contributed by atoms with Gasteiger partial charge in [-0.15, -0.1) is 11.3 Å². The molecule has 0 unspecified atom stereocenters. The maximum atomic E-state index is 12.9. The highest BCUT2D eigenvalue weighted by Crippen LogP contribution is 2.27. The van der Waals surface area contributed by atoms with E-state index in [0.717, 1.165) is 40.7 Å². The molecule has 128 valence electrons. The first-order valence-electron chi connectivity index (χ1n) is 8.39. The summed E-state index contributed by atoms with van der Waals surface area (Å²) in [4.78, 5) is 20.3. The smallest absolute Gasteiger partial charge is 0.266 e. The molecule has 1 amide bonds. The fourth-order valence-electron chi connectivity index (χ4n) is 3.06. The van der Waals surface area contributed by atoms with E-state index in [1.54, 1.807) is 18.4 Å². The molecule has 1 aliphatic rings. The van der Waals surface area contributed by atoms with Gasteiger partial charge in [-0.3, -0.25) is 4.79 Å². The highest BCUT2D eigenvalue weighted by atomic mass is 32.1. The van der Waals surface area contributed by atoms with E-state index in [1.165, 1.54) is 11.1 Å². The topological polar surface area (TPSA) is 42.4 Å². The summed E-state index contributed by atoms with van der Waals surface area (Å²) in [5.74, 6) is 1.50. The lowest BCUT2D eigenvalue weighted by molar-refractivity contribution is 0.0738. The van der Waals surface area contributed by atoms with Crippen LogP contribution in [-0.4, -0.2) is 29.4 Å². The fraction of sp³-hybridized carbons (Fsp3) is 0.474. The second-order valence-electron chi connectivity index (χ2n) is 6.73. The molecule has 4 nitrogen and oxygen atoms in total. The molecule has 1 aromatic heterocycles. The lowest BCUT2D eigenvalue weighted by Gasteiger charge is -2.29. The molecule has 0 aliphatic carbocycles. The van der Waals surface area contributed by atoms with Crippen LogP contribution in [0.25, 0.3) is 0 Å². The lowest BCUT2D eigenvalue weighted by atomic mass is 9.99. The van der Waals surface area contributed by atoms with Gasteiger partial charge in [0.15, 0.2) is 0 Å². The van der Waals surface area contributed by atoms with Crippen molar-refractivity contribution >= 4 is 17.2 Å². The van der Waals surface area contributed by atoms with Crippen LogP contribution >= 0.6 is 11.3 Å². The number of aryl methyl sites for hydroxylation is 1. The number of benzene rings is 1. The predicted octanol–water partition coefficient (Wildman–Crippen LogP) is 3.86. The molecule has 0 N–H and O–H groups in total. The number of nitrogens with zero attached hydrogens (tertiary/aromatic N) is 2. The zero-order chi connectivity index (χ0) is 17.3. The molecule has 2 heterocycles. The molecule has 0 radical (unpaired) electrons. The van der Waals surface area contributed by atoms with Crippen molar-refractivity contribution in [2.45, 2.75) is 40.2 Å². The van der Waals surface area contributed by atoms with Crippen molar-refractivity contribution in [2.24, 2.45) is 5.92 Å². The number of methoxy groups -OCH3 is 1. The van der Waals surface area contributed by atoms with Gasteiger partial charge in [0.05, 0.1) is 17.8 Å². The molecule has 0 saturated carbocycles. The van der Waals surface area contributed by atoms with Crippen LogP contribution in [0.1, 0.15) is 45.3 Å². The van der Waals surface area contributed by atoms with Crippen LogP contribution in [0.5, 0.6) is 5.75 Å². The Labute approximate surface area is 147 Å². The molecule has 5 heteroatoms. The monoisotopic (exact) mass is 344 g/mol. The van der Waals surface area contributed by atoms with Crippen LogP contribution < -0.4 is 4.74 Å². The third-order valence-corrected chi connectivity index (χ3v) is 5.50. The fourth-order valence-corrected chi connectivity index (χ4v) is 4.31. The van der Waals surface area contributed by atoms with Crippen LogP contribution in [0, 0.1) is 12.8 Å². The number of thiazole rings is 1. The number of aromatic nitrogens is 1. The molecule has 1 aliphatic heterocycles. The van der Waals surface area contributed by atoms with Gasteiger partial charge in [0.2, 0.25) is 0 Å². The summed E-state index contributed by atoms with van der Waals surface area (Å²) in [5, 5.41) is 1.06. The minimum Gasteiger partial charge on any atom is -0.497 e. The van der Waals surface area contributed by atoms with Crippen LogP contribution in [0.4, 0.5) is 0 Å². The maximum absolute atomic E-state index is 12.9. The second-order valence-corrected chi connectivity index (χ2v) is 7.82. The van der Waals surface area contributed by atoms with E-state index in [2.05, 4.69) is 24.9 Å². The van der Waals surface area contributed by atoms with Crippen molar-refractivity contribution < 1.29 is 9.53 Å². The molecule has 0 saturated heterocycles. The average Bonchev–Trinajstić information content (AvgIpc) is 2.92. The summed E-state index contributed by atoms with van der Waals surface area (Å²) in [7, 11) is 1.67. The van der Waals surface area contributed by atoms with Gasteiger partial charge in [-0.25, -0.2) is 4.98 Å². The molecule has 3 rings (SSSR count). The summed E-state index contributed by atoms with van der Waals surface area (Å²) in [6.45, 7) is 7.69. The Bertz CT molecular complexity index is 752. The first-order valence-corrected chi connectivity index (χ1v) is 9.21. The molecule has 0 fully saturated rings. The van der Waals surface area contributed by atoms with Crippen LogP contribution in [-0.2, 0) is 19.4 Å². The Morgan fingerprint density at radius 3 is 2.88 bits per heavy atom. The van der Waals surface area contributed by atoms with Crippen molar-refractivity contribution in [2.75, 3.05) is 13.7 Å². The van der Waals surface area contributed by atoms with Crippen molar-refractivity contribution in [3.63, 3.8) is 0 Å². The number of hydrogen-bond acceptors (Lipinski definition) is 4. The number of rotatable bonds is 4. The molecule has 0 bridgehead atoms. The molecule has 0 spiro atoms. The van der Waals surface area contributed by atoms with Gasteiger partial charge < -0.3 is 9.64 Å². The van der Waals surface area contributed by atoms with E-state index in [-0.39, 0.29) is 5.91 Å². The van der Waals surface area contributed by atoms with Gasteiger partial charge in [0.1, 0.15) is 10.6 Å². The lowest BCUT2D eigenvalue weighted by Crippen LogP contribution is -2.35. The zero-order valence-corrected chi connectivity index (χ0v) is 15.6. The minimum absolute atomic E-state index is 0.105. The Hall–Kier alpha value is -1.88. The molecule has 24 heavy (non-hydrogen) atoms. The molecule has 2 aromatic rings. The second kappa shape index (κ2) is 6.93. The average molecular weight is 344 g/mol. The first-order chi connectivity index (χ1) is 11.5. The number of fused-ring (bicyclic) bond motifs is 1. The largest absolute Gasteiger partial charge is 0.497 e. The third kappa shape index (κ3) is 3.46. The van der Waals surface area contributed by atoms with Crippen molar-refractivity contribution in [1.29, 1.82) is 0 Å². The SMILES string of the molecule is COc1ccc2c(c1)CN(C(=O)c1sc(CC(C)C)nc1C)CC2. The van der Waals surface area contributed by atoms with Gasteiger partial charge in [0, 0.05) is 19.5 Å². The predicted molar refractivity (Wildman–Crippen MR) is 96.8 cm³/mol. The van der Waals surface area contributed by atoms with E-state index in [0.29, 0.717) is 12.5 Å². The molecule has 0 atom stereocenters. The van der Waals surface area contributed by atoms with Gasteiger partial charge >= 0.3 is 0 Å². The van der Waals surface area contributed by atoms with Gasteiger partial charge in [-0.1, -0.05) is 19.9 Å². The van der Waals surface area contributed by atoms with Gasteiger partial charge in [-0.2, -0.15) is 0 Å². The van der Waals surface area contributed by atoms with Gasteiger partial charge in [0.25, 0.3) is 5.91 Å². The number of ether oxygens (including phenoxy) is 1. The summed E-state index contributed by atoms with van der Waals surface area (Å²) in [6, 6.07) is 6.13. The molecule has 1 aromatic carbocycles. The maximum Gasteiger partial charge on any atom is 0.266 e. The Balaban J connectivity index is 1.80. The Kier molecular flexibility index (Phi) is 4.90. The van der Waals surface area contributed by atoms with Crippen molar-refractivity contribution in [3.05, 3.63) is 44.9 Å². The number of hydrogen-bond donors (Lipinski definition) is 0. The Morgan fingerprint density at radius 1 is 1.38 bits per heavy atom. The first kappa shape index (κ1) is 17.0. The van der Waals surface area contributed by atoms with E-state index < -0.39 is 0 Å². The third-order valence-electron chi connectivity index (χ3n) is 4.33. The Morgan fingerprint density at radius 2 is 2.17 bits per heavy atom. The minimum atomic E-state index is 0.105. The highest BCUT2D eigenvalue weighted by Gasteiger charge is 2.25. The summed E-state index contributed by atoms with van der Waals surface area (Å²) in [5.41, 5.74) is 3.34.